The van der Waals surface area contributed by atoms with Crippen LogP contribution < -0.4 is 5.56 Å². The summed E-state index contributed by atoms with van der Waals surface area (Å²) < 4.78 is 54.9. The highest BCUT2D eigenvalue weighted by Crippen LogP contribution is 2.31. The van der Waals surface area contributed by atoms with Gasteiger partial charge < -0.3 is 14.6 Å². The smallest absolute Gasteiger partial charge is 0.277 e. The normalized spacial score (nSPS) is 12.3. The quantitative estimate of drug-likeness (QED) is 0.295. The summed E-state index contributed by atoms with van der Waals surface area (Å²) >= 11 is 0. The number of methoxy groups -OCH3 is 1. The van der Waals surface area contributed by atoms with Crippen LogP contribution >= 0.6 is 0 Å². The van der Waals surface area contributed by atoms with Crippen LogP contribution in [0.4, 0.5) is 4.39 Å². The Labute approximate surface area is 236 Å². The minimum atomic E-state index is -4.79. The van der Waals surface area contributed by atoms with Gasteiger partial charge in [0.1, 0.15) is 18.2 Å². The third-order valence-corrected chi connectivity index (χ3v) is 8.02. The van der Waals surface area contributed by atoms with Gasteiger partial charge in [0.05, 0.1) is 35.3 Å². The Kier molecular flexibility index (Phi) is 8.92. The summed E-state index contributed by atoms with van der Waals surface area (Å²) in [6.07, 6.45) is 2.41. The Bertz CT molecular complexity index is 1770. The molecule has 2 aromatic carbocycles. The molecule has 12 heteroatoms. The van der Waals surface area contributed by atoms with Gasteiger partial charge in [0.15, 0.2) is 4.90 Å². The minimum absolute atomic E-state index is 0.0202. The predicted molar refractivity (Wildman–Crippen MR) is 146 cm³/mol. The molecule has 0 saturated carbocycles. The van der Waals surface area contributed by atoms with Gasteiger partial charge in [-0.15, -0.1) is 0 Å². The maximum Gasteiger partial charge on any atom is 0.277 e. The van der Waals surface area contributed by atoms with Crippen molar-refractivity contribution in [1.29, 1.82) is 5.26 Å². The summed E-state index contributed by atoms with van der Waals surface area (Å²) in [5, 5.41) is 20.1. The monoisotopic (exact) mass is 578 g/mol. The lowest BCUT2D eigenvalue weighted by molar-refractivity contribution is 0.0557. The van der Waals surface area contributed by atoms with Crippen molar-refractivity contribution in [2.24, 2.45) is 0 Å². The van der Waals surface area contributed by atoms with Gasteiger partial charge in [-0.1, -0.05) is 36.4 Å². The van der Waals surface area contributed by atoms with Gasteiger partial charge in [0.2, 0.25) is 15.7 Å². The lowest BCUT2D eigenvalue weighted by Crippen LogP contribution is -2.35. The molecular formula is C29H27FN4O6S. The van der Waals surface area contributed by atoms with E-state index in [9.17, 15) is 23.6 Å². The number of nitrogens with zero attached hydrogens (tertiary/aromatic N) is 4. The predicted octanol–water partition coefficient (Wildman–Crippen LogP) is 4.02. The molecule has 41 heavy (non-hydrogen) atoms. The van der Waals surface area contributed by atoms with E-state index in [0.29, 0.717) is 5.56 Å². The molecule has 0 saturated heterocycles. The number of nitriles is 1. The average Bonchev–Trinajstić information content (AvgIpc) is 2.95. The molecule has 0 fully saturated rings. The third kappa shape index (κ3) is 6.02. The summed E-state index contributed by atoms with van der Waals surface area (Å²) in [5.74, 6) is -2.03. The number of aromatic hydroxyl groups is 1. The summed E-state index contributed by atoms with van der Waals surface area (Å²) in [7, 11) is -3.36. The number of halogens is 1. The van der Waals surface area contributed by atoms with Crippen molar-refractivity contribution in [3.05, 3.63) is 100 Å². The lowest BCUT2D eigenvalue weighted by Gasteiger charge is -2.24. The van der Waals surface area contributed by atoms with Crippen molar-refractivity contribution in [3.8, 4) is 23.1 Å². The fourth-order valence-electron chi connectivity index (χ4n) is 4.31. The molecule has 4 rings (SSSR count). The SMILES string of the molecule is COCC(c1ccccc1)n1c(COC(C)C)nc(O)c(S(=O)(=O)c2ccc(-c3cnccc3C#N)c(F)c2)c1=O. The van der Waals surface area contributed by atoms with Crippen molar-refractivity contribution in [2.75, 3.05) is 13.7 Å². The highest BCUT2D eigenvalue weighted by Gasteiger charge is 2.33. The summed E-state index contributed by atoms with van der Waals surface area (Å²) in [5.41, 5.74) is -0.196. The minimum Gasteiger partial charge on any atom is -0.492 e. The summed E-state index contributed by atoms with van der Waals surface area (Å²) in [6, 6.07) is 14.3. The number of hydrogen-bond acceptors (Lipinski definition) is 9. The highest BCUT2D eigenvalue weighted by atomic mass is 32.2. The van der Waals surface area contributed by atoms with Crippen LogP contribution in [0.25, 0.3) is 11.1 Å². The topological polar surface area (TPSA) is 144 Å². The Hall–Kier alpha value is -4.44. The van der Waals surface area contributed by atoms with E-state index in [1.165, 1.54) is 31.6 Å². The molecule has 10 nitrogen and oxygen atoms in total. The average molecular weight is 579 g/mol. The van der Waals surface area contributed by atoms with E-state index in [1.54, 1.807) is 44.2 Å². The van der Waals surface area contributed by atoms with Gasteiger partial charge in [-0.25, -0.2) is 12.8 Å². The maximum absolute atomic E-state index is 15.3. The van der Waals surface area contributed by atoms with E-state index in [1.807, 2.05) is 6.07 Å². The van der Waals surface area contributed by atoms with Crippen molar-refractivity contribution in [1.82, 2.24) is 14.5 Å². The van der Waals surface area contributed by atoms with E-state index in [-0.39, 0.29) is 41.8 Å². The number of sulfone groups is 1. The van der Waals surface area contributed by atoms with E-state index >= 15 is 4.39 Å². The van der Waals surface area contributed by atoms with E-state index < -0.39 is 42.9 Å². The number of ether oxygens (including phenoxy) is 2. The first-order valence-electron chi connectivity index (χ1n) is 12.5. The second-order valence-electron chi connectivity index (χ2n) is 9.28. The second kappa shape index (κ2) is 12.4. The highest BCUT2D eigenvalue weighted by molar-refractivity contribution is 7.91. The molecule has 0 radical (unpaired) electrons. The first-order valence-corrected chi connectivity index (χ1v) is 14.0. The molecule has 0 aliphatic rings. The van der Waals surface area contributed by atoms with Crippen LogP contribution in [0.15, 0.2) is 81.6 Å². The number of benzene rings is 2. The summed E-state index contributed by atoms with van der Waals surface area (Å²) in [4.78, 5) is 20.3. The molecule has 1 atom stereocenters. The fraction of sp³-hybridized carbons (Fsp3) is 0.241. The number of rotatable bonds is 10. The molecule has 1 unspecified atom stereocenters. The van der Waals surface area contributed by atoms with Gasteiger partial charge in [0.25, 0.3) is 5.56 Å². The number of aromatic nitrogens is 3. The van der Waals surface area contributed by atoms with Crippen LogP contribution in [0.3, 0.4) is 0 Å². The lowest BCUT2D eigenvalue weighted by atomic mass is 10.0. The van der Waals surface area contributed by atoms with Crippen LogP contribution in [0.5, 0.6) is 5.88 Å². The second-order valence-corrected chi connectivity index (χ2v) is 11.2. The number of pyridine rings is 1. The van der Waals surface area contributed by atoms with Crippen LogP contribution in [-0.2, 0) is 25.9 Å². The Morgan fingerprint density at radius 1 is 1.12 bits per heavy atom. The van der Waals surface area contributed by atoms with Crippen LogP contribution in [0.1, 0.15) is 36.8 Å². The molecule has 0 bridgehead atoms. The molecule has 2 heterocycles. The Morgan fingerprint density at radius 3 is 2.49 bits per heavy atom. The van der Waals surface area contributed by atoms with Crippen molar-refractivity contribution >= 4 is 9.84 Å². The Balaban J connectivity index is 1.91. The van der Waals surface area contributed by atoms with Crippen LogP contribution in [-0.4, -0.2) is 47.9 Å². The fourth-order valence-corrected chi connectivity index (χ4v) is 5.66. The zero-order chi connectivity index (χ0) is 29.7. The third-order valence-electron chi connectivity index (χ3n) is 6.25. The molecule has 2 aromatic heterocycles. The van der Waals surface area contributed by atoms with Crippen LogP contribution in [0.2, 0.25) is 0 Å². The van der Waals surface area contributed by atoms with Crippen molar-refractivity contribution in [2.45, 2.75) is 42.4 Å². The number of hydrogen-bond donors (Lipinski definition) is 1. The first kappa shape index (κ1) is 29.5. The van der Waals surface area contributed by atoms with E-state index in [0.717, 1.165) is 16.7 Å². The first-order chi connectivity index (χ1) is 19.6. The van der Waals surface area contributed by atoms with Gasteiger partial charge in [-0.05, 0) is 37.6 Å². The van der Waals surface area contributed by atoms with Gasteiger partial charge in [-0.2, -0.15) is 10.2 Å². The molecular weight excluding hydrogens is 551 g/mol. The molecule has 1 N–H and O–H groups in total. The largest absolute Gasteiger partial charge is 0.492 e. The van der Waals surface area contributed by atoms with Crippen molar-refractivity contribution < 1.29 is 27.4 Å². The Morgan fingerprint density at radius 2 is 1.85 bits per heavy atom. The van der Waals surface area contributed by atoms with Crippen LogP contribution in [0, 0.1) is 17.1 Å². The maximum atomic E-state index is 15.3. The summed E-state index contributed by atoms with van der Waals surface area (Å²) in [6.45, 7) is 3.31. The molecule has 0 aliphatic carbocycles. The van der Waals surface area contributed by atoms with Crippen molar-refractivity contribution in [3.63, 3.8) is 0 Å². The molecule has 0 amide bonds. The molecule has 4 aromatic rings. The standard InChI is InChI=1S/C29H27FN4O6S/c1-18(2)40-17-26-33-28(35)27(29(36)34(26)25(16-39-3)19-7-5-4-6-8-19)41(37,38)21-9-10-22(24(30)13-21)23-15-32-12-11-20(23)14-31/h4-13,15,18,25,35H,16-17H2,1-3H3. The zero-order valence-electron chi connectivity index (χ0n) is 22.5. The van der Waals surface area contributed by atoms with E-state index in [4.69, 9.17) is 9.47 Å². The molecule has 0 aliphatic heterocycles. The van der Waals surface area contributed by atoms with Gasteiger partial charge >= 0.3 is 0 Å². The molecule has 0 spiro atoms. The van der Waals surface area contributed by atoms with Gasteiger partial charge in [-0.3, -0.25) is 14.3 Å². The van der Waals surface area contributed by atoms with Gasteiger partial charge in [0, 0.05) is 30.6 Å². The molecule has 212 valence electrons. The zero-order valence-corrected chi connectivity index (χ0v) is 23.3. The van der Waals surface area contributed by atoms with E-state index in [2.05, 4.69) is 9.97 Å².